The highest BCUT2D eigenvalue weighted by molar-refractivity contribution is 5.91. The second-order valence-corrected chi connectivity index (χ2v) is 4.90. The Hall–Kier alpha value is -1.32. The van der Waals surface area contributed by atoms with Crippen LogP contribution in [0, 0.1) is 5.92 Å². The molecule has 0 aliphatic rings. The van der Waals surface area contributed by atoms with Crippen LogP contribution in [0.4, 0.5) is 0 Å². The minimum atomic E-state index is -0.492. The first kappa shape index (κ1) is 18.7. The maximum atomic E-state index is 11.5. The molecule has 0 rings (SSSR count). The van der Waals surface area contributed by atoms with Crippen molar-refractivity contribution < 1.29 is 19.1 Å². The van der Waals surface area contributed by atoms with E-state index < -0.39 is 11.9 Å². The van der Waals surface area contributed by atoms with Gasteiger partial charge in [-0.15, -0.1) is 0 Å². The molecular weight excluding hydrogens is 256 g/mol. The summed E-state index contributed by atoms with van der Waals surface area (Å²) in [4.78, 5) is 22.7. The molecule has 0 saturated heterocycles. The van der Waals surface area contributed by atoms with Crippen LogP contribution in [0.2, 0.25) is 0 Å². The molecular formula is C16H28O4. The zero-order valence-electron chi connectivity index (χ0n) is 13.0. The Bertz CT molecular complexity index is 297. The van der Waals surface area contributed by atoms with Crippen molar-refractivity contribution >= 4 is 11.9 Å². The topological polar surface area (TPSA) is 52.6 Å². The molecule has 0 saturated carbocycles. The third-order valence-electron chi connectivity index (χ3n) is 3.10. The first-order valence-electron chi connectivity index (χ1n) is 7.65. The van der Waals surface area contributed by atoms with Crippen LogP contribution in [-0.2, 0) is 19.1 Å². The van der Waals surface area contributed by atoms with Gasteiger partial charge in [0.05, 0.1) is 13.2 Å². The van der Waals surface area contributed by atoms with E-state index in [2.05, 4.69) is 13.8 Å². The fourth-order valence-electron chi connectivity index (χ4n) is 1.65. The molecule has 4 nitrogen and oxygen atoms in total. The number of esters is 2. The van der Waals surface area contributed by atoms with Gasteiger partial charge >= 0.3 is 11.9 Å². The first-order valence-corrected chi connectivity index (χ1v) is 7.65. The van der Waals surface area contributed by atoms with Gasteiger partial charge in [-0.1, -0.05) is 46.5 Å². The van der Waals surface area contributed by atoms with E-state index in [0.717, 1.165) is 50.7 Å². The maximum absolute atomic E-state index is 11.5. The van der Waals surface area contributed by atoms with Gasteiger partial charge in [0.1, 0.15) is 0 Å². The molecule has 0 radical (unpaired) electrons. The second-order valence-electron chi connectivity index (χ2n) is 4.90. The van der Waals surface area contributed by atoms with Crippen molar-refractivity contribution in [2.75, 3.05) is 13.2 Å². The highest BCUT2D eigenvalue weighted by Crippen LogP contribution is 2.12. The number of ether oxygens (including phenoxy) is 2. The van der Waals surface area contributed by atoms with E-state index in [-0.39, 0.29) is 0 Å². The molecule has 1 unspecified atom stereocenters. The van der Waals surface area contributed by atoms with Gasteiger partial charge in [-0.3, -0.25) is 0 Å². The van der Waals surface area contributed by atoms with E-state index in [9.17, 15) is 9.59 Å². The maximum Gasteiger partial charge on any atom is 0.331 e. The van der Waals surface area contributed by atoms with Gasteiger partial charge in [0.15, 0.2) is 0 Å². The van der Waals surface area contributed by atoms with Gasteiger partial charge in [0.25, 0.3) is 0 Å². The molecule has 20 heavy (non-hydrogen) atoms. The van der Waals surface area contributed by atoms with Gasteiger partial charge in [-0.05, 0) is 18.8 Å². The van der Waals surface area contributed by atoms with E-state index in [1.165, 1.54) is 0 Å². The molecule has 0 aromatic heterocycles. The molecule has 0 fully saturated rings. The molecule has 0 N–H and O–H groups in total. The number of hydrogen-bond acceptors (Lipinski definition) is 4. The molecule has 0 aliphatic heterocycles. The van der Waals surface area contributed by atoms with Gasteiger partial charge in [-0.25, -0.2) is 9.59 Å². The van der Waals surface area contributed by atoms with E-state index in [1.807, 2.05) is 6.92 Å². The average Bonchev–Trinajstić information content (AvgIpc) is 2.45. The summed E-state index contributed by atoms with van der Waals surface area (Å²) >= 11 is 0. The summed E-state index contributed by atoms with van der Waals surface area (Å²) in [5, 5.41) is 0. The summed E-state index contributed by atoms with van der Waals surface area (Å²) in [6, 6.07) is 0. The molecule has 0 amide bonds. The molecule has 0 aromatic carbocycles. The van der Waals surface area contributed by atoms with Crippen LogP contribution in [0.3, 0.4) is 0 Å². The summed E-state index contributed by atoms with van der Waals surface area (Å²) in [7, 11) is 0. The predicted molar refractivity (Wildman–Crippen MR) is 79.3 cm³/mol. The zero-order chi connectivity index (χ0) is 15.2. The smallest absolute Gasteiger partial charge is 0.331 e. The average molecular weight is 284 g/mol. The van der Waals surface area contributed by atoms with Crippen LogP contribution < -0.4 is 0 Å². The molecule has 0 aromatic rings. The molecule has 116 valence electrons. The largest absolute Gasteiger partial charge is 0.463 e. The van der Waals surface area contributed by atoms with E-state index in [4.69, 9.17) is 9.47 Å². The number of rotatable bonds is 11. The summed E-state index contributed by atoms with van der Waals surface area (Å²) in [6.45, 7) is 7.07. The quantitative estimate of drug-likeness (QED) is 0.330. The van der Waals surface area contributed by atoms with Crippen molar-refractivity contribution in [3.8, 4) is 0 Å². The van der Waals surface area contributed by atoms with Gasteiger partial charge in [0.2, 0.25) is 0 Å². The van der Waals surface area contributed by atoms with Gasteiger partial charge < -0.3 is 9.47 Å². The third-order valence-corrected chi connectivity index (χ3v) is 3.10. The fourth-order valence-corrected chi connectivity index (χ4v) is 1.65. The minimum absolute atomic E-state index is 0.393. The standard InChI is InChI=1S/C16H28O4/c1-4-7-9-14(6-3)13-20-16(18)11-10-15(17)19-12-8-5-2/h10-11,14H,4-9,12-13H2,1-3H3/b11-10+. The second kappa shape index (κ2) is 12.7. The molecule has 0 bridgehead atoms. The lowest BCUT2D eigenvalue weighted by Crippen LogP contribution is -2.12. The molecule has 1 atom stereocenters. The Morgan fingerprint density at radius 1 is 0.950 bits per heavy atom. The van der Waals surface area contributed by atoms with Crippen LogP contribution in [-0.4, -0.2) is 25.2 Å². The highest BCUT2D eigenvalue weighted by Gasteiger charge is 2.08. The molecule has 0 heterocycles. The Morgan fingerprint density at radius 3 is 2.10 bits per heavy atom. The van der Waals surface area contributed by atoms with Crippen molar-refractivity contribution in [1.82, 2.24) is 0 Å². The third kappa shape index (κ3) is 10.6. The number of carbonyl (C=O) groups excluding carboxylic acids is 2. The Labute approximate surface area is 122 Å². The first-order chi connectivity index (χ1) is 9.63. The SMILES string of the molecule is CCCCOC(=O)/C=C/C(=O)OCC(CC)CCCC. The lowest BCUT2D eigenvalue weighted by Gasteiger charge is -2.13. The number of unbranched alkanes of at least 4 members (excludes halogenated alkanes) is 2. The Balaban J connectivity index is 3.87. The van der Waals surface area contributed by atoms with Crippen molar-refractivity contribution in [3.05, 3.63) is 12.2 Å². The lowest BCUT2D eigenvalue weighted by molar-refractivity contribution is -0.141. The molecule has 4 heteroatoms. The monoisotopic (exact) mass is 284 g/mol. The predicted octanol–water partition coefficient (Wildman–Crippen LogP) is 3.65. The van der Waals surface area contributed by atoms with Crippen molar-refractivity contribution in [1.29, 1.82) is 0 Å². The van der Waals surface area contributed by atoms with Crippen LogP contribution in [0.25, 0.3) is 0 Å². The fraction of sp³-hybridized carbons (Fsp3) is 0.750. The van der Waals surface area contributed by atoms with Crippen LogP contribution in [0.1, 0.15) is 59.3 Å². The van der Waals surface area contributed by atoms with Gasteiger partial charge in [0, 0.05) is 12.2 Å². The van der Waals surface area contributed by atoms with Crippen LogP contribution in [0.15, 0.2) is 12.2 Å². The summed E-state index contributed by atoms with van der Waals surface area (Å²) in [5.41, 5.74) is 0. The van der Waals surface area contributed by atoms with Crippen molar-refractivity contribution in [3.63, 3.8) is 0 Å². The number of carbonyl (C=O) groups is 2. The van der Waals surface area contributed by atoms with E-state index >= 15 is 0 Å². The van der Waals surface area contributed by atoms with Crippen molar-refractivity contribution in [2.45, 2.75) is 59.3 Å². The zero-order valence-corrected chi connectivity index (χ0v) is 13.0. The van der Waals surface area contributed by atoms with E-state index in [0.29, 0.717) is 19.1 Å². The normalized spacial score (nSPS) is 12.3. The Morgan fingerprint density at radius 2 is 1.55 bits per heavy atom. The van der Waals surface area contributed by atoms with Crippen molar-refractivity contribution in [2.24, 2.45) is 5.92 Å². The minimum Gasteiger partial charge on any atom is -0.463 e. The van der Waals surface area contributed by atoms with Crippen LogP contribution in [0.5, 0.6) is 0 Å². The number of hydrogen-bond donors (Lipinski definition) is 0. The van der Waals surface area contributed by atoms with Crippen LogP contribution >= 0.6 is 0 Å². The summed E-state index contributed by atoms with van der Waals surface area (Å²) in [6.07, 6.45) is 8.43. The molecule has 0 aliphatic carbocycles. The summed E-state index contributed by atoms with van der Waals surface area (Å²) < 4.78 is 10.0. The van der Waals surface area contributed by atoms with E-state index in [1.54, 1.807) is 0 Å². The lowest BCUT2D eigenvalue weighted by atomic mass is 10.0. The summed E-state index contributed by atoms with van der Waals surface area (Å²) in [5.74, 6) is -0.565. The Kier molecular flexibility index (Phi) is 11.9. The highest BCUT2D eigenvalue weighted by atomic mass is 16.5. The van der Waals surface area contributed by atoms with Gasteiger partial charge in [-0.2, -0.15) is 0 Å². The molecule has 0 spiro atoms.